The summed E-state index contributed by atoms with van der Waals surface area (Å²) in [7, 11) is 1.00. The summed E-state index contributed by atoms with van der Waals surface area (Å²) in [6.45, 7) is 11.0. The molecule has 16 heavy (non-hydrogen) atoms. The number of rotatable bonds is 2. The van der Waals surface area contributed by atoms with Gasteiger partial charge in [-0.05, 0) is 24.8 Å². The summed E-state index contributed by atoms with van der Waals surface area (Å²) in [5.74, 6) is 0. The van der Waals surface area contributed by atoms with Crippen molar-refractivity contribution in [3.05, 3.63) is 36.1 Å². The van der Waals surface area contributed by atoms with E-state index in [4.69, 9.17) is 5.11 Å². The van der Waals surface area contributed by atoms with Gasteiger partial charge in [0.2, 0.25) is 0 Å². The lowest BCUT2D eigenvalue weighted by Gasteiger charge is -2.20. The van der Waals surface area contributed by atoms with Crippen molar-refractivity contribution in [1.82, 2.24) is 5.32 Å². The topological polar surface area (TPSA) is 32.3 Å². The molecule has 0 unspecified atom stereocenters. The highest BCUT2D eigenvalue weighted by molar-refractivity contribution is 5.33. The maximum absolute atomic E-state index is 7.00. The van der Waals surface area contributed by atoms with Gasteiger partial charge in [0.05, 0.1) is 0 Å². The Bertz CT molecular complexity index is 217. The van der Waals surface area contributed by atoms with Crippen LogP contribution in [0.25, 0.3) is 0 Å². The van der Waals surface area contributed by atoms with E-state index in [9.17, 15) is 0 Å². The summed E-state index contributed by atoms with van der Waals surface area (Å²) < 4.78 is 0. The Morgan fingerprint density at radius 2 is 2.00 bits per heavy atom. The van der Waals surface area contributed by atoms with Crippen molar-refractivity contribution in [3.8, 4) is 0 Å². The van der Waals surface area contributed by atoms with Crippen molar-refractivity contribution in [2.24, 2.45) is 0 Å². The van der Waals surface area contributed by atoms with Crippen LogP contribution in [-0.2, 0) is 0 Å². The van der Waals surface area contributed by atoms with E-state index in [0.717, 1.165) is 20.1 Å². The summed E-state index contributed by atoms with van der Waals surface area (Å²) in [5.41, 5.74) is 2.71. The standard InChI is InChI=1S/C11H17N.C2H6.CH4O/c1-3-6-10-8-5-9-12-11(10)7-4-2;2*1-2/h3,6-7,12H,1,4-5,8-9H2,2H3;1-2H3;2H,1H3/b10-6-,11-7+;;. The van der Waals surface area contributed by atoms with Crippen molar-refractivity contribution in [1.29, 1.82) is 0 Å². The number of aliphatic hydroxyl groups is 1. The van der Waals surface area contributed by atoms with Crippen molar-refractivity contribution < 1.29 is 5.11 Å². The number of piperidine rings is 1. The highest BCUT2D eigenvalue weighted by Crippen LogP contribution is 2.18. The molecule has 0 radical (unpaired) electrons. The van der Waals surface area contributed by atoms with Gasteiger partial charge < -0.3 is 10.4 Å². The number of hydrogen-bond acceptors (Lipinski definition) is 2. The summed E-state index contributed by atoms with van der Waals surface area (Å²) >= 11 is 0. The average molecular weight is 225 g/mol. The Morgan fingerprint density at radius 1 is 1.38 bits per heavy atom. The van der Waals surface area contributed by atoms with E-state index in [2.05, 4.69) is 31.0 Å². The molecule has 0 amide bonds. The van der Waals surface area contributed by atoms with Crippen LogP contribution in [-0.4, -0.2) is 18.8 Å². The second-order valence-electron chi connectivity index (χ2n) is 2.98. The Kier molecular flexibility index (Phi) is 15.2. The molecular weight excluding hydrogens is 198 g/mol. The van der Waals surface area contributed by atoms with Crippen LogP contribution < -0.4 is 5.32 Å². The molecule has 1 heterocycles. The van der Waals surface area contributed by atoms with Crippen LogP contribution in [0.2, 0.25) is 0 Å². The van der Waals surface area contributed by atoms with E-state index in [0.29, 0.717) is 0 Å². The average Bonchev–Trinajstić information content (AvgIpc) is 2.37. The van der Waals surface area contributed by atoms with Crippen LogP contribution in [0.4, 0.5) is 0 Å². The first-order valence-electron chi connectivity index (χ1n) is 6.09. The van der Waals surface area contributed by atoms with Crippen LogP contribution in [0.1, 0.15) is 40.0 Å². The highest BCUT2D eigenvalue weighted by atomic mass is 16.2. The van der Waals surface area contributed by atoms with Crippen molar-refractivity contribution >= 4 is 0 Å². The van der Waals surface area contributed by atoms with Gasteiger partial charge in [0.1, 0.15) is 0 Å². The van der Waals surface area contributed by atoms with E-state index in [1.807, 2.05) is 19.9 Å². The normalized spacial score (nSPS) is 18.8. The molecule has 2 nitrogen and oxygen atoms in total. The Morgan fingerprint density at radius 3 is 2.50 bits per heavy atom. The highest BCUT2D eigenvalue weighted by Gasteiger charge is 2.08. The molecule has 0 aromatic rings. The van der Waals surface area contributed by atoms with Gasteiger partial charge in [-0.1, -0.05) is 45.6 Å². The predicted octanol–water partition coefficient (Wildman–Crippen LogP) is 3.41. The second kappa shape index (κ2) is 14.0. The molecule has 0 aliphatic carbocycles. The molecule has 0 atom stereocenters. The molecule has 1 aliphatic rings. The number of aliphatic hydroxyl groups excluding tert-OH is 1. The van der Waals surface area contributed by atoms with Gasteiger partial charge in [-0.2, -0.15) is 0 Å². The molecule has 0 aromatic carbocycles. The van der Waals surface area contributed by atoms with Gasteiger partial charge in [-0.25, -0.2) is 0 Å². The van der Waals surface area contributed by atoms with Crippen molar-refractivity contribution in [2.45, 2.75) is 40.0 Å². The summed E-state index contributed by atoms with van der Waals surface area (Å²) in [6, 6.07) is 0. The first-order valence-corrected chi connectivity index (χ1v) is 6.09. The molecule has 2 N–H and O–H groups in total. The quantitative estimate of drug-likeness (QED) is 0.755. The van der Waals surface area contributed by atoms with Gasteiger partial charge in [-0.15, -0.1) is 0 Å². The van der Waals surface area contributed by atoms with E-state index >= 15 is 0 Å². The van der Waals surface area contributed by atoms with Crippen molar-refractivity contribution in [3.63, 3.8) is 0 Å². The van der Waals surface area contributed by atoms with Gasteiger partial charge in [0, 0.05) is 19.4 Å². The summed E-state index contributed by atoms with van der Waals surface area (Å²) in [4.78, 5) is 0. The fraction of sp³-hybridized carbons (Fsp3) is 0.571. The van der Waals surface area contributed by atoms with E-state index < -0.39 is 0 Å². The summed E-state index contributed by atoms with van der Waals surface area (Å²) in [6.07, 6.45) is 9.73. The fourth-order valence-corrected chi connectivity index (χ4v) is 1.47. The first-order chi connectivity index (χ1) is 7.88. The maximum atomic E-state index is 7.00. The van der Waals surface area contributed by atoms with Crippen LogP contribution in [0.5, 0.6) is 0 Å². The van der Waals surface area contributed by atoms with Crippen LogP contribution in [0.15, 0.2) is 36.1 Å². The number of hydrogen-bond donors (Lipinski definition) is 2. The van der Waals surface area contributed by atoms with Gasteiger partial charge >= 0.3 is 0 Å². The predicted molar refractivity (Wildman–Crippen MR) is 73.4 cm³/mol. The lowest BCUT2D eigenvalue weighted by Crippen LogP contribution is -2.21. The van der Waals surface area contributed by atoms with Crippen molar-refractivity contribution in [2.75, 3.05) is 13.7 Å². The molecular formula is C14H27NO. The smallest absolute Gasteiger partial charge is 0.0332 e. The van der Waals surface area contributed by atoms with Crippen LogP contribution in [0.3, 0.4) is 0 Å². The molecule has 0 bridgehead atoms. The lowest BCUT2D eigenvalue weighted by molar-refractivity contribution is 0.399. The Labute approximate surface area is 101 Å². The van der Waals surface area contributed by atoms with E-state index in [1.165, 1.54) is 24.1 Å². The molecule has 1 saturated heterocycles. The first kappa shape index (κ1) is 17.4. The molecule has 2 heteroatoms. The minimum absolute atomic E-state index is 1.00. The molecule has 94 valence electrons. The fourth-order valence-electron chi connectivity index (χ4n) is 1.47. The molecule has 0 saturated carbocycles. The molecule has 1 rings (SSSR count). The number of allylic oxidation sites excluding steroid dienone is 4. The molecule has 0 spiro atoms. The van der Waals surface area contributed by atoms with E-state index in [-0.39, 0.29) is 0 Å². The third-order valence-corrected chi connectivity index (χ3v) is 2.01. The zero-order valence-corrected chi connectivity index (χ0v) is 11.2. The monoisotopic (exact) mass is 225 g/mol. The minimum atomic E-state index is 1.00. The van der Waals surface area contributed by atoms with Crippen LogP contribution >= 0.6 is 0 Å². The van der Waals surface area contributed by atoms with Gasteiger partial charge in [-0.3, -0.25) is 0 Å². The zero-order valence-electron chi connectivity index (χ0n) is 11.2. The third kappa shape index (κ3) is 7.30. The second-order valence-corrected chi connectivity index (χ2v) is 2.98. The molecule has 1 aliphatic heterocycles. The van der Waals surface area contributed by atoms with E-state index in [1.54, 1.807) is 0 Å². The largest absolute Gasteiger partial charge is 0.400 e. The molecule has 0 aromatic heterocycles. The van der Waals surface area contributed by atoms with Gasteiger partial charge in [0.25, 0.3) is 0 Å². The number of nitrogens with one attached hydrogen (secondary N) is 1. The third-order valence-electron chi connectivity index (χ3n) is 2.01. The lowest BCUT2D eigenvalue weighted by atomic mass is 10.0. The zero-order chi connectivity index (χ0) is 12.8. The Hall–Kier alpha value is -1.02. The molecule has 1 fully saturated rings. The Balaban J connectivity index is 0. The summed E-state index contributed by atoms with van der Waals surface area (Å²) in [5, 5.41) is 10.4. The van der Waals surface area contributed by atoms with Gasteiger partial charge in [0.15, 0.2) is 0 Å². The van der Waals surface area contributed by atoms with Crippen LogP contribution in [0, 0.1) is 0 Å². The maximum Gasteiger partial charge on any atom is 0.0332 e. The minimum Gasteiger partial charge on any atom is -0.400 e. The SMILES string of the molecule is C=C/C=C1/CCCN/C1=C/CC.CC.CO.